The predicted molar refractivity (Wildman–Crippen MR) is 83.8 cm³/mol. The zero-order valence-corrected chi connectivity index (χ0v) is 13.5. The van der Waals surface area contributed by atoms with Crippen LogP contribution in [-0.2, 0) is 4.79 Å². The fourth-order valence-corrected chi connectivity index (χ4v) is 3.62. The van der Waals surface area contributed by atoms with Gasteiger partial charge >= 0.3 is 5.97 Å². The summed E-state index contributed by atoms with van der Waals surface area (Å²) in [5.74, 6) is -0.684. The van der Waals surface area contributed by atoms with E-state index in [4.69, 9.17) is 0 Å². The number of halogens is 1. The van der Waals surface area contributed by atoms with Crippen molar-refractivity contribution in [2.75, 3.05) is 6.54 Å². The van der Waals surface area contributed by atoms with Crippen LogP contribution in [0.3, 0.4) is 0 Å². The number of aliphatic carboxylic acids is 1. The minimum absolute atomic E-state index is 0.203. The number of benzene rings is 1. The first-order valence-corrected chi connectivity index (χ1v) is 8.17. The monoisotopic (exact) mass is 339 g/mol. The van der Waals surface area contributed by atoms with E-state index in [2.05, 4.69) is 33.8 Å². The molecule has 0 saturated carbocycles. The summed E-state index contributed by atoms with van der Waals surface area (Å²) in [4.78, 5) is 13.6. The van der Waals surface area contributed by atoms with Crippen LogP contribution in [0.5, 0.6) is 0 Å². The van der Waals surface area contributed by atoms with Gasteiger partial charge in [0.15, 0.2) is 0 Å². The van der Waals surface area contributed by atoms with E-state index in [1.165, 1.54) is 5.56 Å². The van der Waals surface area contributed by atoms with Gasteiger partial charge in [0.05, 0.1) is 0 Å². The molecule has 0 amide bonds. The Morgan fingerprint density at radius 1 is 1.50 bits per heavy atom. The van der Waals surface area contributed by atoms with Crippen LogP contribution in [-0.4, -0.2) is 28.6 Å². The molecule has 1 saturated heterocycles. The number of hydrogen-bond acceptors (Lipinski definition) is 2. The summed E-state index contributed by atoms with van der Waals surface area (Å²) in [6.07, 6.45) is 5.01. The minimum Gasteiger partial charge on any atom is -0.480 e. The second-order valence-electron chi connectivity index (χ2n) is 5.41. The van der Waals surface area contributed by atoms with Crippen LogP contribution in [0.2, 0.25) is 0 Å². The summed E-state index contributed by atoms with van der Waals surface area (Å²) in [6.45, 7) is 3.06. The van der Waals surface area contributed by atoms with Gasteiger partial charge in [-0.3, -0.25) is 9.69 Å². The molecule has 0 aliphatic carbocycles. The molecule has 1 aromatic carbocycles. The van der Waals surface area contributed by atoms with Crippen molar-refractivity contribution in [2.45, 2.75) is 51.1 Å². The highest BCUT2D eigenvalue weighted by Gasteiger charge is 2.36. The molecule has 1 aromatic rings. The molecular formula is C16H22BrNO2. The number of hydrogen-bond donors (Lipinski definition) is 1. The second kappa shape index (κ2) is 7.23. The lowest BCUT2D eigenvalue weighted by molar-refractivity contribution is -0.143. The van der Waals surface area contributed by atoms with Gasteiger partial charge in [0.2, 0.25) is 0 Å². The molecule has 0 radical (unpaired) electrons. The number of nitrogens with zero attached hydrogens (tertiary/aromatic N) is 1. The molecule has 1 N–H and O–H groups in total. The van der Waals surface area contributed by atoms with E-state index < -0.39 is 5.97 Å². The largest absolute Gasteiger partial charge is 0.480 e. The lowest BCUT2D eigenvalue weighted by Gasteiger charge is -2.32. The molecular weight excluding hydrogens is 318 g/mol. The van der Waals surface area contributed by atoms with Crippen molar-refractivity contribution in [3.8, 4) is 0 Å². The summed E-state index contributed by atoms with van der Waals surface area (Å²) in [5, 5.41) is 9.42. The van der Waals surface area contributed by atoms with E-state index >= 15 is 0 Å². The van der Waals surface area contributed by atoms with Crippen molar-refractivity contribution >= 4 is 21.9 Å². The molecule has 1 aliphatic heterocycles. The van der Waals surface area contributed by atoms with E-state index in [1.54, 1.807) is 0 Å². The fraction of sp³-hybridized carbons (Fsp3) is 0.562. The van der Waals surface area contributed by atoms with Crippen LogP contribution in [0.15, 0.2) is 28.7 Å². The van der Waals surface area contributed by atoms with Crippen molar-refractivity contribution in [3.05, 3.63) is 34.3 Å². The quantitative estimate of drug-likeness (QED) is 0.842. The first-order valence-electron chi connectivity index (χ1n) is 7.38. The Labute approximate surface area is 129 Å². The lowest BCUT2D eigenvalue weighted by atomic mass is 9.98. The smallest absolute Gasteiger partial charge is 0.320 e. The summed E-state index contributed by atoms with van der Waals surface area (Å²) < 4.78 is 1.08. The molecule has 1 heterocycles. The van der Waals surface area contributed by atoms with Crippen LogP contribution in [0.1, 0.15) is 50.6 Å². The van der Waals surface area contributed by atoms with Gasteiger partial charge in [-0.1, -0.05) is 53.9 Å². The van der Waals surface area contributed by atoms with E-state index in [0.29, 0.717) is 0 Å². The summed E-state index contributed by atoms with van der Waals surface area (Å²) >= 11 is 3.62. The maximum absolute atomic E-state index is 11.5. The molecule has 3 nitrogen and oxygen atoms in total. The number of carbonyl (C=O) groups is 1. The Morgan fingerprint density at radius 2 is 2.25 bits per heavy atom. The highest BCUT2D eigenvalue weighted by Crippen LogP contribution is 2.36. The molecule has 2 atom stereocenters. The van der Waals surface area contributed by atoms with E-state index in [1.807, 2.05) is 18.2 Å². The first kappa shape index (κ1) is 15.5. The second-order valence-corrected chi connectivity index (χ2v) is 6.27. The van der Waals surface area contributed by atoms with E-state index in [-0.39, 0.29) is 12.1 Å². The Morgan fingerprint density at radius 3 is 2.90 bits per heavy atom. The molecule has 1 aliphatic rings. The topological polar surface area (TPSA) is 40.5 Å². The van der Waals surface area contributed by atoms with Crippen molar-refractivity contribution < 1.29 is 9.90 Å². The highest BCUT2D eigenvalue weighted by atomic mass is 79.9. The van der Waals surface area contributed by atoms with Gasteiger partial charge in [0, 0.05) is 10.5 Å². The summed E-state index contributed by atoms with van der Waals surface area (Å²) in [5.41, 5.74) is 1.22. The average Bonchev–Trinajstić information content (AvgIpc) is 2.90. The van der Waals surface area contributed by atoms with Gasteiger partial charge in [-0.25, -0.2) is 0 Å². The normalized spacial score (nSPS) is 21.0. The molecule has 1 fully saturated rings. The Kier molecular flexibility index (Phi) is 5.61. The van der Waals surface area contributed by atoms with E-state index in [0.717, 1.165) is 43.1 Å². The molecule has 2 rings (SSSR count). The minimum atomic E-state index is -0.684. The van der Waals surface area contributed by atoms with Crippen molar-refractivity contribution in [1.29, 1.82) is 0 Å². The van der Waals surface area contributed by atoms with Gasteiger partial charge in [-0.15, -0.1) is 0 Å². The number of carboxylic acid groups (broad SMARTS) is 1. The SMILES string of the molecule is CCCCC(c1ccccc1Br)N1CCCC1C(=O)O. The van der Waals surface area contributed by atoms with Crippen LogP contribution in [0, 0.1) is 0 Å². The zero-order valence-electron chi connectivity index (χ0n) is 11.9. The molecule has 0 bridgehead atoms. The molecule has 4 heteroatoms. The summed E-state index contributed by atoms with van der Waals surface area (Å²) in [7, 11) is 0. The molecule has 0 aromatic heterocycles. The van der Waals surface area contributed by atoms with Crippen molar-refractivity contribution in [3.63, 3.8) is 0 Å². The van der Waals surface area contributed by atoms with Gasteiger partial charge in [-0.05, 0) is 37.4 Å². The van der Waals surface area contributed by atoms with Crippen LogP contribution >= 0.6 is 15.9 Å². The molecule has 2 unspecified atom stereocenters. The number of carboxylic acids is 1. The number of rotatable bonds is 6. The zero-order chi connectivity index (χ0) is 14.5. The predicted octanol–water partition coefficient (Wildman–Crippen LogP) is 4.23. The number of likely N-dealkylation sites (tertiary alicyclic amines) is 1. The first-order chi connectivity index (χ1) is 9.65. The maximum atomic E-state index is 11.5. The lowest BCUT2D eigenvalue weighted by Crippen LogP contribution is -2.38. The van der Waals surface area contributed by atoms with Crippen LogP contribution in [0.25, 0.3) is 0 Å². The Bertz CT molecular complexity index is 464. The van der Waals surface area contributed by atoms with E-state index in [9.17, 15) is 9.90 Å². The average molecular weight is 340 g/mol. The van der Waals surface area contributed by atoms with Crippen molar-refractivity contribution in [1.82, 2.24) is 4.90 Å². The Balaban J connectivity index is 2.27. The fourth-order valence-electron chi connectivity index (χ4n) is 3.07. The van der Waals surface area contributed by atoms with Gasteiger partial charge < -0.3 is 5.11 Å². The summed E-state index contributed by atoms with van der Waals surface area (Å²) in [6, 6.07) is 8.06. The van der Waals surface area contributed by atoms with Gasteiger partial charge in [-0.2, -0.15) is 0 Å². The van der Waals surface area contributed by atoms with Gasteiger partial charge in [0.25, 0.3) is 0 Å². The standard InChI is InChI=1S/C16H22BrNO2/c1-2-3-9-14(12-7-4-5-8-13(12)17)18-11-6-10-15(18)16(19)20/h4-5,7-8,14-15H,2-3,6,9-11H2,1H3,(H,19,20). The maximum Gasteiger partial charge on any atom is 0.320 e. The van der Waals surface area contributed by atoms with Crippen molar-refractivity contribution in [2.24, 2.45) is 0 Å². The third-order valence-corrected chi connectivity index (χ3v) is 4.80. The Hall–Kier alpha value is -0.870. The number of unbranched alkanes of at least 4 members (excludes halogenated alkanes) is 1. The van der Waals surface area contributed by atoms with Gasteiger partial charge in [0.1, 0.15) is 6.04 Å². The van der Waals surface area contributed by atoms with Crippen LogP contribution < -0.4 is 0 Å². The third kappa shape index (κ3) is 3.41. The molecule has 20 heavy (non-hydrogen) atoms. The molecule has 110 valence electrons. The van der Waals surface area contributed by atoms with Crippen LogP contribution in [0.4, 0.5) is 0 Å². The molecule has 0 spiro atoms. The third-order valence-electron chi connectivity index (χ3n) is 4.07. The highest BCUT2D eigenvalue weighted by molar-refractivity contribution is 9.10.